The quantitative estimate of drug-likeness (QED) is 0.677. The fraction of sp³-hybridized carbons (Fsp3) is 0.286. The summed E-state index contributed by atoms with van der Waals surface area (Å²) in [5, 5.41) is 3.88. The Bertz CT molecular complexity index is 915. The lowest BCUT2D eigenvalue weighted by Gasteiger charge is -2.16. The Kier molecular flexibility index (Phi) is 5.74. The number of rotatable bonds is 6. The molecule has 0 aliphatic heterocycles. The highest BCUT2D eigenvalue weighted by atomic mass is 19.4. The van der Waals surface area contributed by atoms with Crippen LogP contribution in [0.5, 0.6) is 0 Å². The first-order valence-corrected chi connectivity index (χ1v) is 8.97. The highest BCUT2D eigenvalue weighted by molar-refractivity contribution is 5.79. The minimum absolute atomic E-state index is 0.155. The standard InChI is InChI=1S/C21H21F3N2O2/c1-14(19-11-16-5-3-4-6-18(16)28-19)25-20(27)13-26(2)12-15-7-9-17(10-8-15)21(22,23)24/h3-11,14H,12-13H2,1-2H3,(H,25,27)/p+1/t14-/m1/s1. The summed E-state index contributed by atoms with van der Waals surface area (Å²) in [6.07, 6.45) is -4.34. The van der Waals surface area contributed by atoms with Gasteiger partial charge in [0.05, 0.1) is 18.7 Å². The van der Waals surface area contributed by atoms with E-state index in [4.69, 9.17) is 4.42 Å². The van der Waals surface area contributed by atoms with E-state index in [1.54, 1.807) is 0 Å². The molecular weight excluding hydrogens is 369 g/mol. The maximum absolute atomic E-state index is 12.6. The van der Waals surface area contributed by atoms with Gasteiger partial charge in [-0.1, -0.05) is 30.3 Å². The molecule has 1 heterocycles. The fourth-order valence-electron chi connectivity index (χ4n) is 3.08. The van der Waals surface area contributed by atoms with Crippen molar-refractivity contribution in [2.75, 3.05) is 13.6 Å². The minimum atomic E-state index is -4.34. The first-order chi connectivity index (χ1) is 13.2. The zero-order chi connectivity index (χ0) is 20.3. The first kappa shape index (κ1) is 19.9. The molecule has 2 aromatic carbocycles. The molecule has 3 aromatic rings. The molecule has 0 aliphatic rings. The Morgan fingerprint density at radius 3 is 2.46 bits per heavy atom. The molecule has 0 bridgehead atoms. The molecule has 0 spiro atoms. The molecular formula is C21H22F3N2O2+. The van der Waals surface area contributed by atoms with Crippen LogP contribution in [-0.2, 0) is 17.5 Å². The molecule has 0 radical (unpaired) electrons. The normalized spacial score (nSPS) is 14.0. The zero-order valence-corrected chi connectivity index (χ0v) is 15.6. The summed E-state index contributed by atoms with van der Waals surface area (Å²) in [5.41, 5.74) is 0.832. The number of carbonyl (C=O) groups excluding carboxylic acids is 1. The number of likely N-dealkylation sites (N-methyl/N-ethyl adjacent to an activating group) is 1. The number of amides is 1. The third kappa shape index (κ3) is 4.92. The average molecular weight is 391 g/mol. The Morgan fingerprint density at radius 2 is 1.82 bits per heavy atom. The van der Waals surface area contributed by atoms with Crippen LogP contribution in [0.2, 0.25) is 0 Å². The van der Waals surface area contributed by atoms with E-state index < -0.39 is 11.7 Å². The largest absolute Gasteiger partial charge is 0.459 e. The second-order valence-corrected chi connectivity index (χ2v) is 6.98. The number of halogens is 3. The lowest BCUT2D eigenvalue weighted by atomic mass is 10.1. The molecule has 28 heavy (non-hydrogen) atoms. The summed E-state index contributed by atoms with van der Waals surface area (Å²) in [5.74, 6) is 0.521. The van der Waals surface area contributed by atoms with Gasteiger partial charge in [-0.25, -0.2) is 0 Å². The van der Waals surface area contributed by atoms with Crippen LogP contribution in [-0.4, -0.2) is 19.5 Å². The molecule has 4 nitrogen and oxygen atoms in total. The maximum atomic E-state index is 12.6. The third-order valence-corrected chi connectivity index (χ3v) is 4.50. The van der Waals surface area contributed by atoms with Crippen molar-refractivity contribution in [2.45, 2.75) is 25.7 Å². The van der Waals surface area contributed by atoms with Crippen molar-refractivity contribution < 1.29 is 27.3 Å². The van der Waals surface area contributed by atoms with Gasteiger partial charge in [-0.2, -0.15) is 13.2 Å². The lowest BCUT2D eigenvalue weighted by molar-refractivity contribution is -0.885. The minimum Gasteiger partial charge on any atom is -0.459 e. The van der Waals surface area contributed by atoms with Gasteiger partial charge in [0.2, 0.25) is 0 Å². The molecule has 0 aliphatic carbocycles. The van der Waals surface area contributed by atoms with E-state index in [2.05, 4.69) is 5.32 Å². The van der Waals surface area contributed by atoms with Crippen molar-refractivity contribution in [2.24, 2.45) is 0 Å². The number of furan rings is 1. The van der Waals surface area contributed by atoms with Crippen LogP contribution < -0.4 is 10.2 Å². The van der Waals surface area contributed by atoms with Crippen molar-refractivity contribution in [3.63, 3.8) is 0 Å². The summed E-state index contributed by atoms with van der Waals surface area (Å²) in [6, 6.07) is 14.3. The number of hydrogen-bond acceptors (Lipinski definition) is 2. The summed E-state index contributed by atoms with van der Waals surface area (Å²) < 4.78 is 43.6. The monoisotopic (exact) mass is 391 g/mol. The number of hydrogen-bond donors (Lipinski definition) is 2. The number of quaternary nitrogens is 1. The van der Waals surface area contributed by atoms with E-state index >= 15 is 0 Å². The van der Waals surface area contributed by atoms with Crippen molar-refractivity contribution >= 4 is 16.9 Å². The number of alkyl halides is 3. The number of nitrogens with one attached hydrogen (secondary N) is 2. The second kappa shape index (κ2) is 8.06. The molecule has 0 saturated carbocycles. The molecule has 1 unspecified atom stereocenters. The number of carbonyl (C=O) groups is 1. The third-order valence-electron chi connectivity index (χ3n) is 4.50. The van der Waals surface area contributed by atoms with Crippen molar-refractivity contribution in [3.05, 3.63) is 71.5 Å². The van der Waals surface area contributed by atoms with Gasteiger partial charge < -0.3 is 14.6 Å². The molecule has 3 rings (SSSR count). The van der Waals surface area contributed by atoms with Gasteiger partial charge in [-0.05, 0) is 31.2 Å². The smallest absolute Gasteiger partial charge is 0.416 e. The molecule has 0 fully saturated rings. The van der Waals surface area contributed by atoms with Gasteiger partial charge in [0.15, 0.2) is 6.54 Å². The van der Waals surface area contributed by atoms with Crippen LogP contribution in [0, 0.1) is 0 Å². The highest BCUT2D eigenvalue weighted by Crippen LogP contribution is 2.29. The molecule has 2 N–H and O–H groups in total. The van der Waals surface area contributed by atoms with Gasteiger partial charge in [0.1, 0.15) is 17.9 Å². The Labute approximate surface area is 160 Å². The topological polar surface area (TPSA) is 46.7 Å². The summed E-state index contributed by atoms with van der Waals surface area (Å²) in [4.78, 5) is 13.2. The molecule has 1 amide bonds. The predicted octanol–water partition coefficient (Wildman–Crippen LogP) is 3.34. The zero-order valence-electron chi connectivity index (χ0n) is 15.6. The Hall–Kier alpha value is -2.80. The number of benzene rings is 2. The van der Waals surface area contributed by atoms with E-state index in [-0.39, 0.29) is 18.5 Å². The number of para-hydroxylation sites is 1. The maximum Gasteiger partial charge on any atom is 0.416 e. The highest BCUT2D eigenvalue weighted by Gasteiger charge is 2.30. The van der Waals surface area contributed by atoms with Crippen LogP contribution in [0.25, 0.3) is 11.0 Å². The Morgan fingerprint density at radius 1 is 1.14 bits per heavy atom. The van der Waals surface area contributed by atoms with E-state index in [9.17, 15) is 18.0 Å². The SMILES string of the molecule is C[C@@H](NC(=O)C[NH+](C)Cc1ccc(C(F)(F)F)cc1)c1cc2ccccc2o1. The molecule has 1 aromatic heterocycles. The number of fused-ring (bicyclic) bond motifs is 1. The lowest BCUT2D eigenvalue weighted by Crippen LogP contribution is -3.08. The molecule has 148 valence electrons. The van der Waals surface area contributed by atoms with E-state index in [1.807, 2.05) is 44.3 Å². The van der Waals surface area contributed by atoms with Crippen LogP contribution in [0.3, 0.4) is 0 Å². The van der Waals surface area contributed by atoms with Gasteiger partial charge in [0, 0.05) is 10.9 Å². The summed E-state index contributed by atoms with van der Waals surface area (Å²) >= 11 is 0. The molecule has 2 atom stereocenters. The summed E-state index contributed by atoms with van der Waals surface area (Å²) in [7, 11) is 1.82. The predicted molar refractivity (Wildman–Crippen MR) is 99.7 cm³/mol. The van der Waals surface area contributed by atoms with Crippen LogP contribution in [0.15, 0.2) is 59.0 Å². The average Bonchev–Trinajstić information content (AvgIpc) is 3.05. The van der Waals surface area contributed by atoms with Crippen molar-refractivity contribution in [1.29, 1.82) is 0 Å². The van der Waals surface area contributed by atoms with Crippen LogP contribution >= 0.6 is 0 Å². The van der Waals surface area contributed by atoms with E-state index in [0.717, 1.165) is 33.6 Å². The van der Waals surface area contributed by atoms with E-state index in [0.29, 0.717) is 12.3 Å². The van der Waals surface area contributed by atoms with Gasteiger partial charge >= 0.3 is 6.18 Å². The van der Waals surface area contributed by atoms with Gasteiger partial charge in [-0.3, -0.25) is 4.79 Å². The molecule has 0 saturated heterocycles. The first-order valence-electron chi connectivity index (χ1n) is 8.97. The van der Waals surface area contributed by atoms with Gasteiger partial charge in [0.25, 0.3) is 5.91 Å². The van der Waals surface area contributed by atoms with Gasteiger partial charge in [-0.15, -0.1) is 0 Å². The summed E-state index contributed by atoms with van der Waals surface area (Å²) in [6.45, 7) is 2.50. The van der Waals surface area contributed by atoms with Crippen LogP contribution in [0.4, 0.5) is 13.2 Å². The second-order valence-electron chi connectivity index (χ2n) is 6.98. The van der Waals surface area contributed by atoms with Crippen molar-refractivity contribution in [1.82, 2.24) is 5.32 Å². The van der Waals surface area contributed by atoms with Crippen LogP contribution in [0.1, 0.15) is 29.9 Å². The fourth-order valence-corrected chi connectivity index (χ4v) is 3.08. The van der Waals surface area contributed by atoms with Crippen molar-refractivity contribution in [3.8, 4) is 0 Å². The van der Waals surface area contributed by atoms with E-state index in [1.165, 1.54) is 12.1 Å². The Balaban J connectivity index is 1.53. The molecule has 7 heteroatoms.